The number of halogens is 7. The molecule has 0 aromatic heterocycles. The second-order valence-corrected chi connectivity index (χ2v) is 5.41. The van der Waals surface area contributed by atoms with E-state index in [1.54, 1.807) is 6.92 Å². The van der Waals surface area contributed by atoms with Crippen molar-refractivity contribution in [3.05, 3.63) is 29.3 Å². The molecule has 1 aromatic carbocycles. The Bertz CT molecular complexity index is 594. The van der Waals surface area contributed by atoms with Crippen molar-refractivity contribution in [2.45, 2.75) is 44.3 Å². The minimum atomic E-state index is -6.18. The molecule has 1 rings (SSSR count). The van der Waals surface area contributed by atoms with Gasteiger partial charge in [0.2, 0.25) is 5.91 Å². The molecule has 1 aromatic rings. The molecule has 1 amide bonds. The summed E-state index contributed by atoms with van der Waals surface area (Å²) in [4.78, 5) is 11.6. The first-order valence-electron chi connectivity index (χ1n) is 6.69. The molecule has 0 aliphatic rings. The lowest BCUT2D eigenvalue weighted by Gasteiger charge is -2.30. The van der Waals surface area contributed by atoms with Crippen LogP contribution in [0.2, 0.25) is 0 Å². The summed E-state index contributed by atoms with van der Waals surface area (Å²) < 4.78 is 90.1. The van der Waals surface area contributed by atoms with Gasteiger partial charge in [0.1, 0.15) is 0 Å². The molecule has 0 aliphatic carbocycles. The Morgan fingerprint density at radius 2 is 1.62 bits per heavy atom. The fraction of sp³-hybridized carbons (Fsp3) is 0.500. The Balaban J connectivity index is 3.24. The van der Waals surface area contributed by atoms with Crippen LogP contribution in [0.1, 0.15) is 24.5 Å². The van der Waals surface area contributed by atoms with Crippen molar-refractivity contribution in [3.63, 3.8) is 0 Å². The molecule has 0 aliphatic heterocycles. The Hall–Kier alpha value is -1.84. The van der Waals surface area contributed by atoms with E-state index in [0.29, 0.717) is 12.1 Å². The van der Waals surface area contributed by atoms with Crippen LogP contribution in [0.25, 0.3) is 0 Å². The molecular weight excluding hydrogens is 345 g/mol. The summed E-state index contributed by atoms with van der Waals surface area (Å²) in [5, 5.41) is 2.29. The van der Waals surface area contributed by atoms with Crippen molar-refractivity contribution in [2.75, 3.05) is 5.32 Å². The maximum atomic E-state index is 13.9. The van der Waals surface area contributed by atoms with Gasteiger partial charge in [-0.05, 0) is 25.5 Å². The van der Waals surface area contributed by atoms with Crippen LogP contribution in [0.3, 0.4) is 0 Å². The van der Waals surface area contributed by atoms with E-state index in [1.807, 2.05) is 0 Å². The zero-order valence-corrected chi connectivity index (χ0v) is 12.6. The van der Waals surface area contributed by atoms with Crippen LogP contribution in [-0.2, 0) is 10.5 Å². The minimum absolute atomic E-state index is 0.0314. The normalized spacial score (nSPS) is 14.4. The third-order valence-electron chi connectivity index (χ3n) is 3.19. The monoisotopic (exact) mass is 360 g/mol. The topological polar surface area (TPSA) is 55.1 Å². The lowest BCUT2D eigenvalue weighted by atomic mass is 9.92. The summed E-state index contributed by atoms with van der Waals surface area (Å²) in [5.41, 5.74) is -1.89. The predicted octanol–water partition coefficient (Wildman–Crippen LogP) is 3.96. The number of hydrogen-bond acceptors (Lipinski definition) is 2. The number of carbonyl (C=O) groups excluding carboxylic acids is 1. The van der Waals surface area contributed by atoms with E-state index in [-0.39, 0.29) is 17.7 Å². The van der Waals surface area contributed by atoms with Crippen LogP contribution >= 0.6 is 0 Å². The summed E-state index contributed by atoms with van der Waals surface area (Å²) in [6, 6.07) is 1.05. The molecular formula is C14H15F7N2O. The van der Waals surface area contributed by atoms with Gasteiger partial charge < -0.3 is 11.1 Å². The fourth-order valence-electron chi connectivity index (χ4n) is 2.00. The third-order valence-corrected chi connectivity index (χ3v) is 3.19. The van der Waals surface area contributed by atoms with Crippen molar-refractivity contribution in [1.82, 2.24) is 0 Å². The van der Waals surface area contributed by atoms with E-state index in [9.17, 15) is 35.5 Å². The largest absolute Gasteiger partial charge is 0.435 e. The summed E-state index contributed by atoms with van der Waals surface area (Å²) in [7, 11) is 0. The summed E-state index contributed by atoms with van der Waals surface area (Å²) >= 11 is 0. The second kappa shape index (κ2) is 6.58. The summed E-state index contributed by atoms with van der Waals surface area (Å²) in [6.07, 6.45) is -12.5. The number of amides is 1. The van der Waals surface area contributed by atoms with Crippen molar-refractivity contribution in [2.24, 2.45) is 5.73 Å². The lowest BCUT2D eigenvalue weighted by Crippen LogP contribution is -2.50. The standard InChI is InChI=1S/C14H15F7N2O/c1-7-5-9(12(15,13(16,17)18)14(19,20)21)3-4-10(7)23-11(24)6-8(2)22/h3-5,8H,6,22H2,1-2H3,(H,23,24). The molecule has 0 bridgehead atoms. The fourth-order valence-corrected chi connectivity index (χ4v) is 2.00. The van der Waals surface area contributed by atoms with Crippen molar-refractivity contribution >= 4 is 11.6 Å². The van der Waals surface area contributed by atoms with Gasteiger partial charge in [-0.3, -0.25) is 4.79 Å². The molecule has 10 heteroatoms. The smallest absolute Gasteiger partial charge is 0.327 e. The number of anilines is 1. The number of carbonyl (C=O) groups is 1. The Morgan fingerprint density at radius 3 is 2.00 bits per heavy atom. The maximum Gasteiger partial charge on any atom is 0.435 e. The van der Waals surface area contributed by atoms with E-state index in [4.69, 9.17) is 5.73 Å². The molecule has 0 spiro atoms. The second-order valence-electron chi connectivity index (χ2n) is 5.41. The average Bonchev–Trinajstić information content (AvgIpc) is 2.36. The van der Waals surface area contributed by atoms with Crippen LogP contribution in [0.5, 0.6) is 0 Å². The number of alkyl halides is 7. The van der Waals surface area contributed by atoms with Crippen LogP contribution in [0.4, 0.5) is 36.4 Å². The molecule has 3 nitrogen and oxygen atoms in total. The van der Waals surface area contributed by atoms with Crippen LogP contribution < -0.4 is 11.1 Å². The van der Waals surface area contributed by atoms with Gasteiger partial charge in [0.15, 0.2) is 0 Å². The molecule has 1 unspecified atom stereocenters. The quantitative estimate of drug-likeness (QED) is 0.799. The highest BCUT2D eigenvalue weighted by Crippen LogP contribution is 2.53. The molecule has 24 heavy (non-hydrogen) atoms. The average molecular weight is 360 g/mol. The summed E-state index contributed by atoms with van der Waals surface area (Å²) in [5.74, 6) is -0.570. The molecule has 136 valence electrons. The van der Waals surface area contributed by atoms with Gasteiger partial charge >= 0.3 is 18.0 Å². The SMILES string of the molecule is Cc1cc(C(F)(C(F)(F)F)C(F)(F)F)ccc1NC(=O)CC(C)N. The van der Waals surface area contributed by atoms with Crippen LogP contribution in [-0.4, -0.2) is 24.3 Å². The van der Waals surface area contributed by atoms with Gasteiger partial charge in [-0.2, -0.15) is 26.3 Å². The highest BCUT2D eigenvalue weighted by atomic mass is 19.4. The van der Waals surface area contributed by atoms with E-state index < -0.39 is 35.5 Å². The van der Waals surface area contributed by atoms with Gasteiger partial charge in [-0.1, -0.05) is 12.1 Å². The van der Waals surface area contributed by atoms with Crippen molar-refractivity contribution < 1.29 is 35.5 Å². The van der Waals surface area contributed by atoms with Gasteiger partial charge in [-0.25, -0.2) is 4.39 Å². The first-order chi connectivity index (χ1) is 10.7. The van der Waals surface area contributed by atoms with Gasteiger partial charge in [-0.15, -0.1) is 0 Å². The number of benzene rings is 1. The Morgan fingerprint density at radius 1 is 1.12 bits per heavy atom. The molecule has 0 radical (unpaired) electrons. The Kier molecular flexibility index (Phi) is 5.54. The lowest BCUT2D eigenvalue weighted by molar-refractivity contribution is -0.348. The van der Waals surface area contributed by atoms with Gasteiger partial charge in [0.05, 0.1) is 0 Å². The van der Waals surface area contributed by atoms with E-state index in [2.05, 4.69) is 5.32 Å². The summed E-state index contributed by atoms with van der Waals surface area (Å²) in [6.45, 7) is 2.69. The van der Waals surface area contributed by atoms with E-state index in [1.165, 1.54) is 0 Å². The minimum Gasteiger partial charge on any atom is -0.327 e. The third kappa shape index (κ3) is 3.97. The molecule has 0 heterocycles. The molecule has 0 saturated heterocycles. The van der Waals surface area contributed by atoms with Crippen molar-refractivity contribution in [3.8, 4) is 0 Å². The molecule has 1 atom stereocenters. The Labute approximate surface area is 133 Å². The number of aryl methyl sites for hydroxylation is 1. The molecule has 0 saturated carbocycles. The van der Waals surface area contributed by atoms with Gasteiger partial charge in [0.25, 0.3) is 0 Å². The predicted molar refractivity (Wildman–Crippen MR) is 73.0 cm³/mol. The highest BCUT2D eigenvalue weighted by molar-refractivity contribution is 5.91. The van der Waals surface area contributed by atoms with E-state index in [0.717, 1.165) is 13.0 Å². The molecule has 3 N–H and O–H groups in total. The van der Waals surface area contributed by atoms with Crippen LogP contribution in [0.15, 0.2) is 18.2 Å². The first-order valence-corrected chi connectivity index (χ1v) is 6.69. The number of nitrogens with one attached hydrogen (secondary N) is 1. The molecule has 0 fully saturated rings. The van der Waals surface area contributed by atoms with E-state index >= 15 is 0 Å². The zero-order chi connectivity index (χ0) is 18.9. The number of hydrogen-bond donors (Lipinski definition) is 2. The highest BCUT2D eigenvalue weighted by Gasteiger charge is 2.73. The maximum absolute atomic E-state index is 13.9. The van der Waals surface area contributed by atoms with Gasteiger partial charge in [0, 0.05) is 23.7 Å². The van der Waals surface area contributed by atoms with Crippen molar-refractivity contribution in [1.29, 1.82) is 0 Å². The first kappa shape index (κ1) is 20.2. The number of rotatable bonds is 4. The zero-order valence-electron chi connectivity index (χ0n) is 12.6. The number of nitrogens with two attached hydrogens (primary N) is 1. The van der Waals surface area contributed by atoms with Crippen LogP contribution in [0, 0.1) is 6.92 Å².